The first-order chi connectivity index (χ1) is 16.1. The summed E-state index contributed by atoms with van der Waals surface area (Å²) in [4.78, 5) is 12.8. The largest absolute Gasteiger partial charge is 0.485 e. The van der Waals surface area contributed by atoms with Crippen molar-refractivity contribution >= 4 is 23.4 Å². The van der Waals surface area contributed by atoms with E-state index in [1.807, 2.05) is 35.8 Å². The number of amides is 1. The van der Waals surface area contributed by atoms with E-state index in [0.717, 1.165) is 0 Å². The molecule has 0 radical (unpaired) electrons. The van der Waals surface area contributed by atoms with Crippen molar-refractivity contribution in [3.63, 3.8) is 0 Å². The van der Waals surface area contributed by atoms with Crippen LogP contribution in [0.25, 0.3) is 0 Å². The number of rotatable bonds is 7. The number of anilines is 1. The third-order valence-corrected chi connectivity index (χ3v) is 6.23. The number of benzene rings is 2. The van der Waals surface area contributed by atoms with Gasteiger partial charge in [0.15, 0.2) is 40.1 Å². The molecule has 2 aromatic carbocycles. The van der Waals surface area contributed by atoms with Crippen LogP contribution in [0.5, 0.6) is 23.0 Å². The second-order valence-corrected chi connectivity index (χ2v) is 8.73. The van der Waals surface area contributed by atoms with Gasteiger partial charge in [-0.25, -0.2) is 0 Å². The van der Waals surface area contributed by atoms with E-state index in [-0.39, 0.29) is 12.7 Å². The first-order valence-corrected chi connectivity index (χ1v) is 11.3. The Kier molecular flexibility index (Phi) is 5.82. The normalized spacial score (nSPS) is 16.8. The van der Waals surface area contributed by atoms with Gasteiger partial charge in [0.05, 0.1) is 5.25 Å². The van der Waals surface area contributed by atoms with Crippen molar-refractivity contribution in [3.05, 3.63) is 60.9 Å². The smallest absolute Gasteiger partial charge is 0.237 e. The van der Waals surface area contributed by atoms with Crippen LogP contribution in [0.4, 0.5) is 5.69 Å². The molecule has 0 saturated heterocycles. The van der Waals surface area contributed by atoms with Gasteiger partial charge in [0.1, 0.15) is 6.61 Å². The van der Waals surface area contributed by atoms with Gasteiger partial charge in [-0.2, -0.15) is 0 Å². The average Bonchev–Trinajstić information content (AvgIpc) is 3.46. The first-order valence-electron chi connectivity index (χ1n) is 10.4. The molecule has 2 atom stereocenters. The van der Waals surface area contributed by atoms with Gasteiger partial charge in [-0.3, -0.25) is 9.36 Å². The van der Waals surface area contributed by atoms with Crippen molar-refractivity contribution in [1.29, 1.82) is 0 Å². The molecule has 9 nitrogen and oxygen atoms in total. The topological polar surface area (TPSA) is 96.7 Å². The molecule has 5 rings (SSSR count). The fraction of sp³-hybridized carbons (Fsp3) is 0.261. The zero-order valence-electron chi connectivity index (χ0n) is 17.9. The first kappa shape index (κ1) is 21.2. The number of aromatic nitrogens is 3. The van der Waals surface area contributed by atoms with Crippen molar-refractivity contribution in [3.8, 4) is 23.0 Å². The summed E-state index contributed by atoms with van der Waals surface area (Å²) in [5.41, 5.74) is 0.636. The summed E-state index contributed by atoms with van der Waals surface area (Å²) in [6.07, 6.45) is 1.34. The second kappa shape index (κ2) is 9.07. The van der Waals surface area contributed by atoms with E-state index < -0.39 is 11.4 Å². The van der Waals surface area contributed by atoms with Crippen LogP contribution in [0.2, 0.25) is 0 Å². The van der Waals surface area contributed by atoms with E-state index in [1.165, 1.54) is 11.8 Å². The monoisotopic (exact) mass is 466 g/mol. The number of carbonyl (C=O) groups is 1. The number of carbonyl (C=O) groups excluding carboxylic acids is 1. The summed E-state index contributed by atoms with van der Waals surface area (Å²) in [7, 11) is 0. The number of fused-ring (bicyclic) bond motifs is 2. The Labute approximate surface area is 194 Å². The molecule has 0 bridgehead atoms. The van der Waals surface area contributed by atoms with Gasteiger partial charge in [0.25, 0.3) is 0 Å². The van der Waals surface area contributed by atoms with Gasteiger partial charge in [-0.1, -0.05) is 30.0 Å². The summed E-state index contributed by atoms with van der Waals surface area (Å²) >= 11 is 1.31. The van der Waals surface area contributed by atoms with Gasteiger partial charge < -0.3 is 24.3 Å². The van der Waals surface area contributed by atoms with E-state index in [4.69, 9.17) is 18.9 Å². The zero-order chi connectivity index (χ0) is 22.8. The molecule has 1 N–H and O–H groups in total. The van der Waals surface area contributed by atoms with Gasteiger partial charge >= 0.3 is 0 Å². The maximum atomic E-state index is 12.8. The van der Waals surface area contributed by atoms with E-state index in [2.05, 4.69) is 22.1 Å². The third-order valence-electron chi connectivity index (χ3n) is 5.15. The lowest BCUT2D eigenvalue weighted by molar-refractivity contribution is -0.115. The quantitative estimate of drug-likeness (QED) is 0.415. The average molecular weight is 467 g/mol. The molecular formula is C23H22N4O5S. The van der Waals surface area contributed by atoms with E-state index in [0.29, 0.717) is 52.8 Å². The highest BCUT2D eigenvalue weighted by Crippen LogP contribution is 2.37. The maximum Gasteiger partial charge on any atom is 0.237 e. The van der Waals surface area contributed by atoms with Crippen molar-refractivity contribution in [2.45, 2.75) is 30.0 Å². The van der Waals surface area contributed by atoms with Gasteiger partial charge in [0, 0.05) is 18.3 Å². The van der Waals surface area contributed by atoms with Crippen LogP contribution in [0.1, 0.15) is 18.9 Å². The molecule has 2 aliphatic heterocycles. The standard InChI is InChI=1S/C23H22N4O5S/c1-3-10-27-21(20-12-29-16-6-4-5-7-18(16)32-20)25-26-23(27)33-14(2)22(28)24-15-8-9-17-19(11-15)31-13-30-17/h3-9,11,14,20H,1,10,12-13H2,2H3,(H,24,28)/t14-,20+/m0/s1. The minimum Gasteiger partial charge on any atom is -0.485 e. The number of para-hydroxylation sites is 2. The molecule has 0 saturated carbocycles. The minimum atomic E-state index is -0.430. The highest BCUT2D eigenvalue weighted by molar-refractivity contribution is 8.00. The predicted molar refractivity (Wildman–Crippen MR) is 122 cm³/mol. The molecule has 3 aromatic rings. The molecule has 3 heterocycles. The number of nitrogens with zero attached hydrogens (tertiary/aromatic N) is 3. The maximum absolute atomic E-state index is 12.8. The number of nitrogens with one attached hydrogen (secondary N) is 1. The zero-order valence-corrected chi connectivity index (χ0v) is 18.7. The van der Waals surface area contributed by atoms with Gasteiger partial charge in [-0.15, -0.1) is 16.8 Å². The molecule has 33 heavy (non-hydrogen) atoms. The van der Waals surface area contributed by atoms with Crippen LogP contribution in [-0.2, 0) is 11.3 Å². The van der Waals surface area contributed by atoms with Gasteiger partial charge in [-0.05, 0) is 31.2 Å². The Balaban J connectivity index is 1.29. The lowest BCUT2D eigenvalue weighted by atomic mass is 10.2. The SMILES string of the molecule is C=CCn1c(S[C@@H](C)C(=O)Nc2ccc3c(c2)OCO3)nnc1[C@H]1COc2ccccc2O1. The molecule has 0 aliphatic carbocycles. The van der Waals surface area contributed by atoms with Crippen LogP contribution in [0.3, 0.4) is 0 Å². The summed E-state index contributed by atoms with van der Waals surface area (Å²) in [6.45, 7) is 6.63. The highest BCUT2D eigenvalue weighted by atomic mass is 32.2. The molecule has 10 heteroatoms. The van der Waals surface area contributed by atoms with E-state index in [9.17, 15) is 4.79 Å². The Morgan fingerprint density at radius 1 is 1.18 bits per heavy atom. The third kappa shape index (κ3) is 4.34. The highest BCUT2D eigenvalue weighted by Gasteiger charge is 2.29. The van der Waals surface area contributed by atoms with Crippen molar-refractivity contribution in [2.75, 3.05) is 18.7 Å². The van der Waals surface area contributed by atoms with Crippen LogP contribution in [0, 0.1) is 0 Å². The number of thioether (sulfide) groups is 1. The molecule has 1 amide bonds. The predicted octanol–water partition coefficient (Wildman–Crippen LogP) is 3.82. The van der Waals surface area contributed by atoms with E-state index >= 15 is 0 Å². The number of hydrogen-bond donors (Lipinski definition) is 1. The van der Waals surface area contributed by atoms with Crippen LogP contribution >= 0.6 is 11.8 Å². The molecular weight excluding hydrogens is 444 g/mol. The molecule has 170 valence electrons. The molecule has 0 unspecified atom stereocenters. The number of ether oxygens (including phenoxy) is 4. The van der Waals surface area contributed by atoms with Crippen LogP contribution in [0.15, 0.2) is 60.3 Å². The van der Waals surface area contributed by atoms with Crippen LogP contribution < -0.4 is 24.3 Å². The fourth-order valence-corrected chi connectivity index (χ4v) is 4.37. The summed E-state index contributed by atoms with van der Waals surface area (Å²) in [5, 5.41) is 11.7. The fourth-order valence-electron chi connectivity index (χ4n) is 3.50. The summed E-state index contributed by atoms with van der Waals surface area (Å²) in [5.74, 6) is 3.09. The Morgan fingerprint density at radius 2 is 1.97 bits per heavy atom. The van der Waals surface area contributed by atoms with Gasteiger partial charge in [0.2, 0.25) is 12.7 Å². The summed E-state index contributed by atoms with van der Waals surface area (Å²) < 4.78 is 24.5. The second-order valence-electron chi connectivity index (χ2n) is 7.42. The Bertz CT molecular complexity index is 1200. The van der Waals surface area contributed by atoms with Crippen LogP contribution in [-0.4, -0.2) is 39.3 Å². The Hall–Kier alpha value is -3.66. The van der Waals surface area contributed by atoms with Crippen molar-refractivity contribution < 1.29 is 23.7 Å². The minimum absolute atomic E-state index is 0.167. The molecule has 1 aromatic heterocycles. The molecule has 2 aliphatic rings. The Morgan fingerprint density at radius 3 is 2.82 bits per heavy atom. The summed E-state index contributed by atoms with van der Waals surface area (Å²) in [6, 6.07) is 12.8. The molecule has 0 spiro atoms. The molecule has 0 fully saturated rings. The number of allylic oxidation sites excluding steroid dienone is 1. The number of hydrogen-bond acceptors (Lipinski definition) is 8. The lowest BCUT2D eigenvalue weighted by Gasteiger charge is -2.26. The van der Waals surface area contributed by atoms with Crippen molar-refractivity contribution in [2.24, 2.45) is 0 Å². The van der Waals surface area contributed by atoms with E-state index in [1.54, 1.807) is 24.3 Å². The lowest BCUT2D eigenvalue weighted by Crippen LogP contribution is -2.25. The van der Waals surface area contributed by atoms with Crippen molar-refractivity contribution in [1.82, 2.24) is 14.8 Å².